The van der Waals surface area contributed by atoms with Gasteiger partial charge in [-0.15, -0.1) is 0 Å². The summed E-state index contributed by atoms with van der Waals surface area (Å²) in [4.78, 5) is 15.3. The smallest absolute Gasteiger partial charge is 0.224 e. The van der Waals surface area contributed by atoms with E-state index in [1.165, 1.54) is 0 Å². The molecule has 23 heavy (non-hydrogen) atoms. The van der Waals surface area contributed by atoms with Gasteiger partial charge in [-0.25, -0.2) is 0 Å². The molecule has 0 aliphatic heterocycles. The Balaban J connectivity index is 1.62. The number of para-hydroxylation sites is 1. The molecule has 0 atom stereocenters. The van der Waals surface area contributed by atoms with Crippen molar-refractivity contribution in [3.8, 4) is 5.75 Å². The van der Waals surface area contributed by atoms with Gasteiger partial charge in [-0.2, -0.15) is 0 Å². The van der Waals surface area contributed by atoms with Crippen LogP contribution < -0.4 is 10.1 Å². The lowest BCUT2D eigenvalue weighted by Gasteiger charge is -2.08. The molecule has 0 spiro atoms. The summed E-state index contributed by atoms with van der Waals surface area (Å²) in [5, 5.41) is 4.53. The number of nitrogens with one attached hydrogen (secondary N) is 2. The van der Waals surface area contributed by atoms with Crippen LogP contribution in [0.25, 0.3) is 10.9 Å². The highest BCUT2D eigenvalue weighted by atomic mass is 35.5. The molecule has 0 aliphatic rings. The molecular weight excluding hydrogens is 312 g/mol. The van der Waals surface area contributed by atoms with E-state index in [0.29, 0.717) is 23.7 Å². The van der Waals surface area contributed by atoms with E-state index in [4.69, 9.17) is 16.3 Å². The van der Waals surface area contributed by atoms with Gasteiger partial charge in [0.2, 0.25) is 5.91 Å². The third-order valence-corrected chi connectivity index (χ3v) is 4.03. The Labute approximate surface area is 139 Å². The molecule has 0 fully saturated rings. The number of rotatable bonds is 5. The van der Waals surface area contributed by atoms with Crippen molar-refractivity contribution in [2.75, 3.05) is 7.11 Å². The van der Waals surface area contributed by atoms with Crippen LogP contribution in [0.1, 0.15) is 11.1 Å². The number of halogens is 1. The molecule has 0 saturated heterocycles. The van der Waals surface area contributed by atoms with E-state index in [1.54, 1.807) is 19.2 Å². The second-order valence-electron chi connectivity index (χ2n) is 5.28. The van der Waals surface area contributed by atoms with Gasteiger partial charge < -0.3 is 15.0 Å². The van der Waals surface area contributed by atoms with Crippen LogP contribution >= 0.6 is 11.6 Å². The Bertz CT molecular complexity index is 842. The first-order valence-electron chi connectivity index (χ1n) is 7.31. The first-order chi connectivity index (χ1) is 11.2. The van der Waals surface area contributed by atoms with Gasteiger partial charge in [0.05, 0.1) is 18.6 Å². The molecule has 1 aromatic heterocycles. The number of benzene rings is 2. The number of methoxy groups -OCH3 is 1. The molecule has 3 aromatic rings. The maximum atomic E-state index is 12.2. The van der Waals surface area contributed by atoms with Gasteiger partial charge in [-0.3, -0.25) is 4.79 Å². The summed E-state index contributed by atoms with van der Waals surface area (Å²) in [5.41, 5.74) is 2.96. The number of H-pyrrole nitrogens is 1. The summed E-state index contributed by atoms with van der Waals surface area (Å²) >= 11 is 6.08. The van der Waals surface area contributed by atoms with E-state index in [2.05, 4.69) is 10.3 Å². The zero-order chi connectivity index (χ0) is 16.2. The highest BCUT2D eigenvalue weighted by Gasteiger charge is 2.09. The predicted molar refractivity (Wildman–Crippen MR) is 91.9 cm³/mol. The van der Waals surface area contributed by atoms with Crippen LogP contribution in [0.2, 0.25) is 5.02 Å². The summed E-state index contributed by atoms with van der Waals surface area (Å²) < 4.78 is 5.11. The summed E-state index contributed by atoms with van der Waals surface area (Å²) in [6.45, 7) is 0.435. The lowest BCUT2D eigenvalue weighted by Crippen LogP contribution is -2.24. The molecule has 118 valence electrons. The molecule has 5 heteroatoms. The van der Waals surface area contributed by atoms with Gasteiger partial charge in [0.1, 0.15) is 5.75 Å². The maximum absolute atomic E-state index is 12.2. The molecule has 0 unspecified atom stereocenters. The Morgan fingerprint density at radius 1 is 1.26 bits per heavy atom. The van der Waals surface area contributed by atoms with Crippen molar-refractivity contribution >= 4 is 28.4 Å². The summed E-state index contributed by atoms with van der Waals surface area (Å²) in [7, 11) is 1.57. The van der Waals surface area contributed by atoms with Crippen LogP contribution in [0.15, 0.2) is 48.7 Å². The molecule has 0 radical (unpaired) electrons. The number of aromatic amines is 1. The number of ether oxygens (including phenoxy) is 1. The van der Waals surface area contributed by atoms with Crippen molar-refractivity contribution in [2.45, 2.75) is 13.0 Å². The Morgan fingerprint density at radius 3 is 2.87 bits per heavy atom. The zero-order valence-electron chi connectivity index (χ0n) is 12.7. The monoisotopic (exact) mass is 328 g/mol. The Morgan fingerprint density at radius 2 is 2.09 bits per heavy atom. The van der Waals surface area contributed by atoms with E-state index in [-0.39, 0.29) is 5.91 Å². The number of carbonyl (C=O) groups excluding carboxylic acids is 1. The number of aromatic nitrogens is 1. The van der Waals surface area contributed by atoms with Gasteiger partial charge in [-0.1, -0.05) is 35.9 Å². The molecule has 0 bridgehead atoms. The van der Waals surface area contributed by atoms with E-state index >= 15 is 0 Å². The number of fused-ring (bicyclic) bond motifs is 1. The van der Waals surface area contributed by atoms with Crippen molar-refractivity contribution in [3.63, 3.8) is 0 Å². The van der Waals surface area contributed by atoms with Gasteiger partial charge in [0, 0.05) is 23.6 Å². The van der Waals surface area contributed by atoms with Gasteiger partial charge in [0.25, 0.3) is 0 Å². The minimum Gasteiger partial charge on any atom is -0.495 e. The first kappa shape index (κ1) is 15.4. The summed E-state index contributed by atoms with van der Waals surface area (Å²) in [6, 6.07) is 13.4. The lowest BCUT2D eigenvalue weighted by molar-refractivity contribution is -0.120. The standard InChI is InChI=1S/C18H17ClN2O2/c1-23-17-7-6-12(8-15(17)19)10-21-18(22)9-13-11-20-16-5-3-2-4-14(13)16/h2-8,11,20H,9-10H2,1H3,(H,21,22). The highest BCUT2D eigenvalue weighted by Crippen LogP contribution is 2.24. The number of hydrogen-bond acceptors (Lipinski definition) is 2. The Kier molecular flexibility index (Phi) is 4.53. The SMILES string of the molecule is COc1ccc(CNC(=O)Cc2c[nH]c3ccccc23)cc1Cl. The van der Waals surface area contributed by atoms with Crippen LogP contribution in [0.4, 0.5) is 0 Å². The largest absolute Gasteiger partial charge is 0.495 e. The van der Waals surface area contributed by atoms with Crippen LogP contribution in [0.5, 0.6) is 5.75 Å². The average molecular weight is 329 g/mol. The third kappa shape index (κ3) is 3.48. The van der Waals surface area contributed by atoms with E-state index in [0.717, 1.165) is 22.0 Å². The van der Waals surface area contributed by atoms with Crippen molar-refractivity contribution in [1.29, 1.82) is 0 Å². The quantitative estimate of drug-likeness (QED) is 0.750. The normalized spacial score (nSPS) is 10.7. The lowest BCUT2D eigenvalue weighted by atomic mass is 10.1. The first-order valence-corrected chi connectivity index (χ1v) is 7.69. The number of amides is 1. The average Bonchev–Trinajstić information content (AvgIpc) is 2.96. The van der Waals surface area contributed by atoms with Crippen molar-refractivity contribution in [3.05, 3.63) is 64.8 Å². The fraction of sp³-hybridized carbons (Fsp3) is 0.167. The van der Waals surface area contributed by atoms with Crippen molar-refractivity contribution in [2.24, 2.45) is 0 Å². The second kappa shape index (κ2) is 6.75. The molecule has 2 N–H and O–H groups in total. The molecular formula is C18H17ClN2O2. The topological polar surface area (TPSA) is 54.1 Å². The van der Waals surface area contributed by atoms with Crippen LogP contribution in [0.3, 0.4) is 0 Å². The zero-order valence-corrected chi connectivity index (χ0v) is 13.5. The van der Waals surface area contributed by atoms with Crippen LogP contribution in [0, 0.1) is 0 Å². The molecule has 1 amide bonds. The molecule has 1 heterocycles. The number of carbonyl (C=O) groups is 1. The summed E-state index contributed by atoms with van der Waals surface area (Å²) in [6.07, 6.45) is 2.22. The predicted octanol–water partition coefficient (Wildman–Crippen LogP) is 3.69. The Hall–Kier alpha value is -2.46. The van der Waals surface area contributed by atoms with Crippen LogP contribution in [-0.4, -0.2) is 18.0 Å². The van der Waals surface area contributed by atoms with Gasteiger partial charge in [0.15, 0.2) is 0 Å². The summed E-state index contributed by atoms with van der Waals surface area (Å²) in [5.74, 6) is 0.599. The van der Waals surface area contributed by atoms with E-state index in [1.807, 2.05) is 36.5 Å². The minimum absolute atomic E-state index is 0.0262. The van der Waals surface area contributed by atoms with Gasteiger partial charge >= 0.3 is 0 Å². The molecule has 0 saturated carbocycles. The third-order valence-electron chi connectivity index (χ3n) is 3.73. The van der Waals surface area contributed by atoms with Gasteiger partial charge in [-0.05, 0) is 29.3 Å². The molecule has 3 rings (SSSR count). The number of hydrogen-bond donors (Lipinski definition) is 2. The van der Waals surface area contributed by atoms with E-state index < -0.39 is 0 Å². The van der Waals surface area contributed by atoms with E-state index in [9.17, 15) is 4.79 Å². The maximum Gasteiger partial charge on any atom is 0.224 e. The van der Waals surface area contributed by atoms with Crippen molar-refractivity contribution in [1.82, 2.24) is 10.3 Å². The second-order valence-corrected chi connectivity index (χ2v) is 5.69. The highest BCUT2D eigenvalue weighted by molar-refractivity contribution is 6.32. The molecule has 4 nitrogen and oxygen atoms in total. The molecule has 0 aliphatic carbocycles. The fourth-order valence-electron chi connectivity index (χ4n) is 2.53. The minimum atomic E-state index is -0.0262. The van der Waals surface area contributed by atoms with Crippen molar-refractivity contribution < 1.29 is 9.53 Å². The fourth-order valence-corrected chi connectivity index (χ4v) is 2.81. The molecule has 2 aromatic carbocycles. The van der Waals surface area contributed by atoms with Crippen LogP contribution in [-0.2, 0) is 17.8 Å².